The number of piperazine rings is 1. The summed E-state index contributed by atoms with van der Waals surface area (Å²) < 4.78 is 73.1. The van der Waals surface area contributed by atoms with Crippen molar-refractivity contribution >= 4 is 33.4 Å². The molecular formula is C40H40F4N8O3. The first-order valence-corrected chi connectivity index (χ1v) is 18.9. The van der Waals surface area contributed by atoms with Gasteiger partial charge < -0.3 is 19.3 Å². The quantitative estimate of drug-likeness (QED) is 0.168. The number of hydrogen-bond donors (Lipinski definition) is 0. The van der Waals surface area contributed by atoms with E-state index in [-0.39, 0.29) is 71.7 Å². The van der Waals surface area contributed by atoms with Gasteiger partial charge in [-0.3, -0.25) is 19.6 Å². The molecule has 0 radical (unpaired) electrons. The van der Waals surface area contributed by atoms with Crippen molar-refractivity contribution in [2.24, 2.45) is 0 Å². The van der Waals surface area contributed by atoms with E-state index in [1.54, 1.807) is 23.1 Å². The van der Waals surface area contributed by atoms with E-state index in [0.29, 0.717) is 49.9 Å². The lowest BCUT2D eigenvalue weighted by atomic mass is 9.95. The number of anilines is 1. The first-order valence-electron chi connectivity index (χ1n) is 18.9. The van der Waals surface area contributed by atoms with Gasteiger partial charge in [0.25, 0.3) is 0 Å². The van der Waals surface area contributed by atoms with Gasteiger partial charge in [0.15, 0.2) is 17.5 Å². The molecule has 0 N–H and O–H groups in total. The van der Waals surface area contributed by atoms with Gasteiger partial charge in [0.05, 0.1) is 42.2 Å². The first-order chi connectivity index (χ1) is 26.7. The molecular weight excluding hydrogens is 716 g/mol. The monoisotopic (exact) mass is 756 g/mol. The maximum atomic E-state index is 16.9. The zero-order valence-electron chi connectivity index (χ0n) is 30.1. The van der Waals surface area contributed by atoms with Crippen LogP contribution < -0.4 is 9.64 Å². The number of likely N-dealkylation sites (tertiary alicyclic amines) is 1. The Morgan fingerprint density at radius 2 is 1.98 bits per heavy atom. The summed E-state index contributed by atoms with van der Waals surface area (Å²) in [5.74, 6) is -2.97. The predicted molar refractivity (Wildman–Crippen MR) is 195 cm³/mol. The third kappa shape index (κ3) is 6.43. The molecule has 15 heteroatoms. The molecule has 2 bridgehead atoms. The van der Waals surface area contributed by atoms with E-state index in [2.05, 4.69) is 25.8 Å². The summed E-state index contributed by atoms with van der Waals surface area (Å²) in [6.07, 6.45) is 7.14. The molecule has 5 atom stereocenters. The summed E-state index contributed by atoms with van der Waals surface area (Å²) >= 11 is 0. The fourth-order valence-corrected chi connectivity index (χ4v) is 9.37. The zero-order chi connectivity index (χ0) is 37.8. The van der Waals surface area contributed by atoms with Crippen molar-refractivity contribution in [3.63, 3.8) is 0 Å². The molecule has 1 amide bonds. The topological polar surface area (TPSA) is 111 Å². The summed E-state index contributed by atoms with van der Waals surface area (Å²) in [6.45, 7) is 4.17. The number of alkyl halides is 1. The number of ether oxygens (including phenoxy) is 2. The molecule has 0 unspecified atom stereocenters. The number of amides is 1. The zero-order valence-corrected chi connectivity index (χ0v) is 30.1. The molecule has 55 heavy (non-hydrogen) atoms. The second-order valence-electron chi connectivity index (χ2n) is 15.3. The number of aromatic nitrogens is 3. The summed E-state index contributed by atoms with van der Waals surface area (Å²) in [6, 6.07) is 9.08. The van der Waals surface area contributed by atoms with Gasteiger partial charge in [-0.15, -0.1) is 0 Å². The smallest absolute Gasteiger partial charge is 0.319 e. The lowest BCUT2D eigenvalue weighted by molar-refractivity contribution is -0.128. The third-order valence-corrected chi connectivity index (χ3v) is 12.1. The SMILES string of the molecule is N#CC[C@H]1CN(c2nc(OC[C@@]34CCCN3C[C@H](F)C4)nc3c(F)c(-c4cccc5ccc(F)c(F)c45)ncc23)CCN1C(=O)/C=C/CN1C[C@@H]2C[C@H]1CO2. The Balaban J connectivity index is 1.05. The third-order valence-electron chi connectivity index (χ3n) is 12.1. The fourth-order valence-electron chi connectivity index (χ4n) is 9.37. The van der Waals surface area contributed by atoms with E-state index in [0.717, 1.165) is 38.4 Å². The second-order valence-corrected chi connectivity index (χ2v) is 15.3. The van der Waals surface area contributed by atoms with E-state index in [4.69, 9.17) is 14.5 Å². The summed E-state index contributed by atoms with van der Waals surface area (Å²) in [4.78, 5) is 35.1. The van der Waals surface area contributed by atoms with Gasteiger partial charge in [-0.2, -0.15) is 15.2 Å². The van der Waals surface area contributed by atoms with Crippen molar-refractivity contribution in [2.45, 2.75) is 62.0 Å². The minimum Gasteiger partial charge on any atom is -0.461 e. The Kier molecular flexibility index (Phi) is 9.30. The van der Waals surface area contributed by atoms with Crippen LogP contribution in [0.3, 0.4) is 0 Å². The fraction of sp³-hybridized carbons (Fsp3) is 0.475. The predicted octanol–water partition coefficient (Wildman–Crippen LogP) is 5.18. The van der Waals surface area contributed by atoms with Crippen LogP contribution in [0.2, 0.25) is 0 Å². The molecule has 5 aliphatic heterocycles. The Hall–Kier alpha value is -4.91. The number of fused-ring (bicyclic) bond motifs is 5. The molecule has 0 saturated carbocycles. The average Bonchev–Trinajstić information content (AvgIpc) is 3.97. The molecule has 9 rings (SSSR count). The number of nitrogens with zero attached hydrogens (tertiary/aromatic N) is 8. The first kappa shape index (κ1) is 35.8. The van der Waals surface area contributed by atoms with E-state index in [1.807, 2.05) is 11.0 Å². The number of pyridine rings is 1. The normalized spacial score (nSPS) is 26.8. The lowest BCUT2D eigenvalue weighted by Crippen LogP contribution is -2.55. The number of carbonyl (C=O) groups is 1. The molecule has 5 fully saturated rings. The van der Waals surface area contributed by atoms with Crippen molar-refractivity contribution in [1.82, 2.24) is 29.7 Å². The Bertz CT molecular complexity index is 2240. The maximum Gasteiger partial charge on any atom is 0.319 e. The second kappa shape index (κ2) is 14.3. The van der Waals surface area contributed by atoms with Crippen molar-refractivity contribution in [1.29, 1.82) is 5.26 Å². The summed E-state index contributed by atoms with van der Waals surface area (Å²) in [5.41, 5.74) is -0.844. The number of nitriles is 1. The molecule has 11 nitrogen and oxygen atoms in total. The van der Waals surface area contributed by atoms with E-state index in [1.165, 1.54) is 18.3 Å². The largest absolute Gasteiger partial charge is 0.461 e. The van der Waals surface area contributed by atoms with Crippen molar-refractivity contribution in [2.75, 3.05) is 63.9 Å². The van der Waals surface area contributed by atoms with Crippen molar-refractivity contribution < 1.29 is 31.8 Å². The number of hydrogen-bond acceptors (Lipinski definition) is 10. The van der Waals surface area contributed by atoms with Gasteiger partial charge in [-0.1, -0.05) is 30.3 Å². The van der Waals surface area contributed by atoms with Crippen LogP contribution in [0.15, 0.2) is 48.7 Å². The molecule has 286 valence electrons. The standard InChI is InChI=1S/C40H40F4N8O3/c41-25-17-40(10-3-13-51(40)19-25)23-55-39-47-37-30(18-46-36(35(37)44)29-5-1-4-24-7-8-31(42)34(43)33(24)29)38(48-39)50-14-15-52(26(20-50)9-11-45)32(53)6-2-12-49-21-28-16-27(49)22-54-28/h1-2,4-8,18,25-28H,3,9-10,12-17,19-23H2/b6-2+/t25-,26+,27+,28+,40+/m1/s1. The van der Waals surface area contributed by atoms with Crippen LogP contribution >= 0.6 is 0 Å². The van der Waals surface area contributed by atoms with Crippen LogP contribution in [0.4, 0.5) is 23.4 Å². The molecule has 5 saturated heterocycles. The molecule has 2 aromatic heterocycles. The number of halogens is 4. The number of carbonyl (C=O) groups excluding carboxylic acids is 1. The highest BCUT2D eigenvalue weighted by Gasteiger charge is 2.49. The van der Waals surface area contributed by atoms with Gasteiger partial charge in [-0.25, -0.2) is 17.6 Å². The van der Waals surface area contributed by atoms with Crippen LogP contribution in [0, 0.1) is 28.8 Å². The molecule has 5 aliphatic rings. The highest BCUT2D eigenvalue weighted by atomic mass is 19.2. The average molecular weight is 757 g/mol. The Morgan fingerprint density at radius 1 is 1.09 bits per heavy atom. The van der Waals surface area contributed by atoms with Gasteiger partial charge in [0.2, 0.25) is 5.91 Å². The summed E-state index contributed by atoms with van der Waals surface area (Å²) in [5, 5.41) is 10.3. The van der Waals surface area contributed by atoms with Crippen molar-refractivity contribution in [3.8, 4) is 23.3 Å². The molecule has 2 aromatic carbocycles. The minimum absolute atomic E-state index is 0.0526. The van der Waals surface area contributed by atoms with Crippen LogP contribution in [0.5, 0.6) is 6.01 Å². The number of rotatable bonds is 9. The Morgan fingerprint density at radius 3 is 2.80 bits per heavy atom. The van der Waals surface area contributed by atoms with Gasteiger partial charge in [0, 0.05) is 75.0 Å². The highest BCUT2D eigenvalue weighted by molar-refractivity contribution is 5.99. The van der Waals surface area contributed by atoms with Gasteiger partial charge in [0.1, 0.15) is 29.8 Å². The van der Waals surface area contributed by atoms with E-state index in [9.17, 15) is 18.8 Å². The lowest BCUT2D eigenvalue weighted by Gasteiger charge is -2.41. The Labute approximate surface area is 315 Å². The van der Waals surface area contributed by atoms with Gasteiger partial charge in [-0.05, 0) is 37.3 Å². The van der Waals surface area contributed by atoms with E-state index < -0.39 is 35.2 Å². The maximum absolute atomic E-state index is 16.9. The molecule has 0 spiro atoms. The highest BCUT2D eigenvalue weighted by Crippen LogP contribution is 2.41. The van der Waals surface area contributed by atoms with Crippen LogP contribution in [-0.4, -0.2) is 124 Å². The van der Waals surface area contributed by atoms with Gasteiger partial charge >= 0.3 is 6.01 Å². The number of morpholine rings is 1. The molecule has 4 aromatic rings. The van der Waals surface area contributed by atoms with E-state index >= 15 is 8.78 Å². The van der Waals surface area contributed by atoms with Crippen LogP contribution in [0.25, 0.3) is 32.9 Å². The van der Waals surface area contributed by atoms with Crippen LogP contribution in [0.1, 0.15) is 32.1 Å². The van der Waals surface area contributed by atoms with Crippen LogP contribution in [-0.2, 0) is 9.53 Å². The molecule has 0 aliphatic carbocycles. The molecule has 7 heterocycles. The number of benzene rings is 2. The summed E-state index contributed by atoms with van der Waals surface area (Å²) in [7, 11) is 0. The van der Waals surface area contributed by atoms with Crippen molar-refractivity contribution in [3.05, 3.63) is 66.1 Å². The minimum atomic E-state index is -1.12.